The molecule has 0 aliphatic rings. The maximum atomic E-state index is 8.67. The van der Waals surface area contributed by atoms with Crippen LogP contribution in [0.2, 0.25) is 0 Å². The monoisotopic (exact) mass is 266 g/mol. The van der Waals surface area contributed by atoms with Crippen LogP contribution in [-0.2, 0) is 6.42 Å². The number of aromatic nitrogens is 3. The maximum Gasteiger partial charge on any atom is 0.277 e. The fourth-order valence-corrected chi connectivity index (χ4v) is 2.38. The molecule has 2 aromatic rings. The van der Waals surface area contributed by atoms with Crippen molar-refractivity contribution in [1.82, 2.24) is 15.2 Å². The van der Waals surface area contributed by atoms with Crippen LogP contribution in [0.3, 0.4) is 0 Å². The normalized spacial score (nSPS) is 12.3. The number of thiazole rings is 1. The van der Waals surface area contributed by atoms with Crippen LogP contribution in [0.25, 0.3) is 0 Å². The zero-order valence-electron chi connectivity index (χ0n) is 9.38. The van der Waals surface area contributed by atoms with Gasteiger partial charge < -0.3 is 4.42 Å². The van der Waals surface area contributed by atoms with Crippen molar-refractivity contribution < 1.29 is 4.42 Å². The molecule has 0 saturated heterocycles. The lowest BCUT2D eigenvalue weighted by atomic mass is 10.3. The molecule has 0 fully saturated rings. The summed E-state index contributed by atoms with van der Waals surface area (Å²) in [5, 5.41) is 19.7. The first-order chi connectivity index (χ1) is 8.17. The zero-order chi connectivity index (χ0) is 12.3. The highest BCUT2D eigenvalue weighted by atomic mass is 32.2. The maximum absolute atomic E-state index is 8.67. The molecule has 0 spiro atoms. The minimum absolute atomic E-state index is 0.190. The summed E-state index contributed by atoms with van der Waals surface area (Å²) in [6.07, 6.45) is 0.541. The summed E-state index contributed by atoms with van der Waals surface area (Å²) in [7, 11) is 0. The van der Waals surface area contributed by atoms with E-state index in [0.29, 0.717) is 17.5 Å². The van der Waals surface area contributed by atoms with E-state index < -0.39 is 0 Å². The van der Waals surface area contributed by atoms with Crippen LogP contribution < -0.4 is 0 Å². The third kappa shape index (κ3) is 3.28. The van der Waals surface area contributed by atoms with Gasteiger partial charge >= 0.3 is 0 Å². The topological polar surface area (TPSA) is 75.6 Å². The minimum atomic E-state index is -0.190. The van der Waals surface area contributed by atoms with Crippen molar-refractivity contribution >= 4 is 23.1 Å². The number of nitrogens with zero attached hydrogens (tertiary/aromatic N) is 4. The molecule has 2 heterocycles. The fraction of sp³-hybridized carbons (Fsp3) is 0.400. The van der Waals surface area contributed by atoms with Crippen molar-refractivity contribution in [2.24, 2.45) is 0 Å². The first-order valence-corrected chi connectivity index (χ1v) is 6.73. The third-order valence-corrected chi connectivity index (χ3v) is 3.55. The number of hydrogen-bond donors (Lipinski definition) is 0. The van der Waals surface area contributed by atoms with E-state index in [1.54, 1.807) is 18.3 Å². The minimum Gasteiger partial charge on any atom is -0.415 e. The van der Waals surface area contributed by atoms with Crippen LogP contribution in [0.15, 0.2) is 15.0 Å². The molecule has 0 amide bonds. The van der Waals surface area contributed by atoms with E-state index in [4.69, 9.17) is 9.68 Å². The molecule has 0 unspecified atom stereocenters. The van der Waals surface area contributed by atoms with Gasteiger partial charge in [-0.2, -0.15) is 5.26 Å². The third-order valence-electron chi connectivity index (χ3n) is 1.91. The molecule has 17 heavy (non-hydrogen) atoms. The second-order valence-corrected chi connectivity index (χ2v) is 5.74. The molecule has 5 nitrogen and oxygen atoms in total. The number of hydrogen-bond acceptors (Lipinski definition) is 7. The molecule has 0 aliphatic heterocycles. The molecule has 0 aliphatic carbocycles. The van der Waals surface area contributed by atoms with Gasteiger partial charge in [0.15, 0.2) is 0 Å². The molecular formula is C10H10N4OS2. The SMILES string of the molecule is Cc1nc(Cc2nnc(S[C@@H](C)C#N)o2)cs1. The van der Waals surface area contributed by atoms with E-state index in [2.05, 4.69) is 21.3 Å². The number of aryl methyl sites for hydroxylation is 1. The molecule has 0 saturated carbocycles. The van der Waals surface area contributed by atoms with Gasteiger partial charge in [0.1, 0.15) is 0 Å². The number of nitriles is 1. The highest BCUT2D eigenvalue weighted by Crippen LogP contribution is 2.22. The van der Waals surface area contributed by atoms with Crippen molar-refractivity contribution in [3.8, 4) is 6.07 Å². The molecule has 0 radical (unpaired) electrons. The Kier molecular flexibility index (Phi) is 3.76. The van der Waals surface area contributed by atoms with Gasteiger partial charge in [0.2, 0.25) is 5.89 Å². The van der Waals surface area contributed by atoms with Gasteiger partial charge in [-0.05, 0) is 25.6 Å². The van der Waals surface area contributed by atoms with Gasteiger partial charge in [0.05, 0.1) is 28.4 Å². The molecule has 1 atom stereocenters. The van der Waals surface area contributed by atoms with Crippen LogP contribution in [0.4, 0.5) is 0 Å². The van der Waals surface area contributed by atoms with Crippen LogP contribution in [0, 0.1) is 18.3 Å². The Balaban J connectivity index is 2.01. The second kappa shape index (κ2) is 5.29. The predicted octanol–water partition coefficient (Wildman–Crippen LogP) is 2.43. The molecule has 7 heteroatoms. The van der Waals surface area contributed by atoms with Gasteiger partial charge in [-0.15, -0.1) is 21.5 Å². The Morgan fingerprint density at radius 2 is 2.41 bits per heavy atom. The van der Waals surface area contributed by atoms with Gasteiger partial charge in [-0.25, -0.2) is 4.98 Å². The summed E-state index contributed by atoms with van der Waals surface area (Å²) in [4.78, 5) is 4.32. The summed E-state index contributed by atoms with van der Waals surface area (Å²) in [5.74, 6) is 0.530. The summed E-state index contributed by atoms with van der Waals surface area (Å²) < 4.78 is 5.42. The Morgan fingerprint density at radius 1 is 1.59 bits per heavy atom. The second-order valence-electron chi connectivity index (χ2n) is 3.39. The van der Waals surface area contributed by atoms with Crippen molar-refractivity contribution in [3.05, 3.63) is 22.0 Å². The Hall–Kier alpha value is -1.39. The van der Waals surface area contributed by atoms with Crippen LogP contribution in [0.1, 0.15) is 23.5 Å². The van der Waals surface area contributed by atoms with Gasteiger partial charge in [-0.3, -0.25) is 0 Å². The number of rotatable bonds is 4. The van der Waals surface area contributed by atoms with Crippen molar-refractivity contribution in [3.63, 3.8) is 0 Å². The Labute approximate surface area is 107 Å². The van der Waals surface area contributed by atoms with E-state index in [0.717, 1.165) is 10.7 Å². The van der Waals surface area contributed by atoms with E-state index in [-0.39, 0.29) is 5.25 Å². The summed E-state index contributed by atoms with van der Waals surface area (Å²) in [5.41, 5.74) is 0.932. The van der Waals surface area contributed by atoms with Crippen LogP contribution in [0.5, 0.6) is 0 Å². The standard InChI is InChI=1S/C10H10N4OS2/c1-6(4-11)17-10-14-13-9(15-10)3-8-5-16-7(2)12-8/h5-6H,3H2,1-2H3/t6-/m0/s1. The summed E-state index contributed by atoms with van der Waals surface area (Å²) >= 11 is 2.86. The highest BCUT2D eigenvalue weighted by molar-refractivity contribution is 7.99. The molecule has 2 aromatic heterocycles. The predicted molar refractivity (Wildman–Crippen MR) is 64.9 cm³/mol. The van der Waals surface area contributed by atoms with E-state index in [1.165, 1.54) is 11.8 Å². The van der Waals surface area contributed by atoms with Gasteiger partial charge in [-0.1, -0.05) is 0 Å². The zero-order valence-corrected chi connectivity index (χ0v) is 11.0. The highest BCUT2D eigenvalue weighted by Gasteiger charge is 2.12. The summed E-state index contributed by atoms with van der Waals surface area (Å²) in [6, 6.07) is 2.10. The Bertz CT molecular complexity index is 542. The summed E-state index contributed by atoms with van der Waals surface area (Å²) in [6.45, 7) is 3.75. The molecule has 0 N–H and O–H groups in total. The first-order valence-electron chi connectivity index (χ1n) is 4.97. The van der Waals surface area contributed by atoms with E-state index in [1.807, 2.05) is 12.3 Å². The average molecular weight is 266 g/mol. The van der Waals surface area contributed by atoms with Gasteiger partial charge in [0, 0.05) is 5.38 Å². The van der Waals surface area contributed by atoms with Crippen molar-refractivity contribution in [2.45, 2.75) is 30.7 Å². The molecule has 88 valence electrons. The lowest BCUT2D eigenvalue weighted by Gasteiger charge is -1.94. The average Bonchev–Trinajstić information content (AvgIpc) is 2.89. The quantitative estimate of drug-likeness (QED) is 0.791. The molecular weight excluding hydrogens is 256 g/mol. The van der Waals surface area contributed by atoms with Gasteiger partial charge in [0.25, 0.3) is 5.22 Å². The molecule has 0 bridgehead atoms. The van der Waals surface area contributed by atoms with E-state index >= 15 is 0 Å². The molecule has 2 rings (SSSR count). The van der Waals surface area contributed by atoms with E-state index in [9.17, 15) is 0 Å². The van der Waals surface area contributed by atoms with Crippen LogP contribution in [-0.4, -0.2) is 20.4 Å². The largest absolute Gasteiger partial charge is 0.415 e. The Morgan fingerprint density at radius 3 is 3.06 bits per heavy atom. The fourth-order valence-electron chi connectivity index (χ4n) is 1.18. The van der Waals surface area contributed by atoms with Crippen molar-refractivity contribution in [1.29, 1.82) is 5.26 Å². The van der Waals surface area contributed by atoms with Crippen LogP contribution >= 0.6 is 23.1 Å². The molecule has 0 aromatic carbocycles. The lowest BCUT2D eigenvalue weighted by molar-refractivity contribution is 0.419. The lowest BCUT2D eigenvalue weighted by Crippen LogP contribution is -1.88. The number of thioether (sulfide) groups is 1. The first kappa shape index (κ1) is 12.1. The smallest absolute Gasteiger partial charge is 0.277 e. The van der Waals surface area contributed by atoms with Crippen molar-refractivity contribution in [2.75, 3.05) is 0 Å².